The minimum Gasteiger partial charge on any atom is -0.308 e. The molecule has 1 heterocycles. The summed E-state index contributed by atoms with van der Waals surface area (Å²) in [7, 11) is 1.80. The van der Waals surface area contributed by atoms with Crippen LogP contribution in [0.15, 0.2) is 36.4 Å². The smallest absolute Gasteiger partial charge is 0.123 e. The molecule has 0 aliphatic rings. The fourth-order valence-electron chi connectivity index (χ4n) is 1.92. The zero-order valence-corrected chi connectivity index (χ0v) is 11.0. The highest BCUT2D eigenvalue weighted by atomic mass is 35.5. The second kappa shape index (κ2) is 5.46. The van der Waals surface area contributed by atoms with Crippen LogP contribution in [0.3, 0.4) is 0 Å². The Morgan fingerprint density at radius 3 is 2.72 bits per heavy atom. The highest BCUT2D eigenvalue weighted by molar-refractivity contribution is 6.31. The molecule has 1 N–H and O–H groups in total. The Kier molecular flexibility index (Phi) is 3.94. The molecule has 0 aliphatic carbocycles. The van der Waals surface area contributed by atoms with Gasteiger partial charge in [-0.25, -0.2) is 4.39 Å². The number of benzene rings is 1. The summed E-state index contributed by atoms with van der Waals surface area (Å²) < 4.78 is 13.3. The van der Waals surface area contributed by atoms with Crippen molar-refractivity contribution in [1.82, 2.24) is 10.3 Å². The van der Waals surface area contributed by atoms with Crippen LogP contribution < -0.4 is 5.32 Å². The molecule has 0 saturated carbocycles. The zero-order chi connectivity index (χ0) is 13.1. The quantitative estimate of drug-likeness (QED) is 0.918. The Labute approximate surface area is 111 Å². The molecule has 0 spiro atoms. The zero-order valence-electron chi connectivity index (χ0n) is 10.2. The van der Waals surface area contributed by atoms with Gasteiger partial charge < -0.3 is 5.32 Å². The number of hydrogen-bond donors (Lipinski definition) is 1. The van der Waals surface area contributed by atoms with E-state index in [1.54, 1.807) is 13.1 Å². The number of pyridine rings is 1. The van der Waals surface area contributed by atoms with Gasteiger partial charge in [-0.1, -0.05) is 17.7 Å². The molecule has 94 valence electrons. The minimum absolute atomic E-state index is 0.215. The normalized spacial score (nSPS) is 12.4. The summed E-state index contributed by atoms with van der Waals surface area (Å²) in [5, 5.41) is 3.64. The first-order valence-electron chi connectivity index (χ1n) is 5.67. The van der Waals surface area contributed by atoms with Gasteiger partial charge in [-0.15, -0.1) is 0 Å². The van der Waals surface area contributed by atoms with Crippen molar-refractivity contribution in [1.29, 1.82) is 0 Å². The van der Waals surface area contributed by atoms with E-state index in [4.69, 9.17) is 11.6 Å². The minimum atomic E-state index is -0.303. The first-order valence-corrected chi connectivity index (χ1v) is 6.05. The molecule has 0 radical (unpaired) electrons. The summed E-state index contributed by atoms with van der Waals surface area (Å²) in [5.41, 5.74) is 2.43. The lowest BCUT2D eigenvalue weighted by Gasteiger charge is -2.18. The van der Waals surface area contributed by atoms with E-state index in [-0.39, 0.29) is 11.9 Å². The molecule has 1 aromatic carbocycles. The van der Waals surface area contributed by atoms with Crippen molar-refractivity contribution in [3.8, 4) is 0 Å². The number of rotatable bonds is 3. The van der Waals surface area contributed by atoms with Gasteiger partial charge in [-0.3, -0.25) is 4.98 Å². The molecule has 1 atom stereocenters. The van der Waals surface area contributed by atoms with Crippen LogP contribution in [0.5, 0.6) is 0 Å². The van der Waals surface area contributed by atoms with Crippen molar-refractivity contribution in [2.45, 2.75) is 13.0 Å². The summed E-state index contributed by atoms with van der Waals surface area (Å²) in [5.74, 6) is -0.303. The monoisotopic (exact) mass is 264 g/mol. The maximum Gasteiger partial charge on any atom is 0.123 e. The Balaban J connectivity index is 2.48. The first-order chi connectivity index (χ1) is 8.61. The van der Waals surface area contributed by atoms with E-state index in [1.807, 2.05) is 25.1 Å². The number of nitrogens with one attached hydrogen (secondary N) is 1. The van der Waals surface area contributed by atoms with E-state index in [0.717, 1.165) is 11.4 Å². The van der Waals surface area contributed by atoms with Gasteiger partial charge in [0.2, 0.25) is 0 Å². The fourth-order valence-corrected chi connectivity index (χ4v) is 2.15. The third kappa shape index (κ3) is 2.68. The SMILES string of the molecule is CNC(c1cccc(C)n1)c1cc(F)ccc1Cl. The lowest BCUT2D eigenvalue weighted by atomic mass is 10.0. The number of halogens is 2. The molecule has 0 fully saturated rings. The van der Waals surface area contributed by atoms with Crippen molar-refractivity contribution >= 4 is 11.6 Å². The van der Waals surface area contributed by atoms with Crippen LogP contribution >= 0.6 is 11.6 Å². The van der Waals surface area contributed by atoms with Crippen LogP contribution in [0, 0.1) is 12.7 Å². The van der Waals surface area contributed by atoms with E-state index in [9.17, 15) is 4.39 Å². The summed E-state index contributed by atoms with van der Waals surface area (Å²) in [6.07, 6.45) is 0. The van der Waals surface area contributed by atoms with Crippen LogP contribution in [-0.2, 0) is 0 Å². The average molecular weight is 265 g/mol. The standard InChI is InChI=1S/C14H14ClFN2/c1-9-4-3-5-13(18-9)14(17-2)11-8-10(16)6-7-12(11)15/h3-8,14,17H,1-2H3. The second-order valence-electron chi connectivity index (χ2n) is 4.09. The predicted molar refractivity (Wildman–Crippen MR) is 71.3 cm³/mol. The maximum atomic E-state index is 13.3. The van der Waals surface area contributed by atoms with Gasteiger partial charge in [0, 0.05) is 10.7 Å². The molecule has 0 aliphatic heterocycles. The second-order valence-corrected chi connectivity index (χ2v) is 4.50. The molecule has 4 heteroatoms. The van der Waals surface area contributed by atoms with Gasteiger partial charge in [-0.05, 0) is 49.9 Å². The Morgan fingerprint density at radius 2 is 2.06 bits per heavy atom. The molecule has 0 saturated heterocycles. The van der Waals surface area contributed by atoms with Gasteiger partial charge in [0.05, 0.1) is 11.7 Å². The van der Waals surface area contributed by atoms with E-state index in [2.05, 4.69) is 10.3 Å². The predicted octanol–water partition coefficient (Wildman–Crippen LogP) is 3.49. The molecule has 0 amide bonds. The highest BCUT2D eigenvalue weighted by Crippen LogP contribution is 2.27. The number of hydrogen-bond acceptors (Lipinski definition) is 2. The molecule has 18 heavy (non-hydrogen) atoms. The van der Waals surface area contributed by atoms with Crippen LogP contribution in [0.4, 0.5) is 4.39 Å². The van der Waals surface area contributed by atoms with Crippen molar-refractivity contribution in [2.24, 2.45) is 0 Å². The average Bonchev–Trinajstić information content (AvgIpc) is 2.35. The molecule has 1 unspecified atom stereocenters. The topological polar surface area (TPSA) is 24.9 Å². The summed E-state index contributed by atoms with van der Waals surface area (Å²) in [6, 6.07) is 9.88. The fraction of sp³-hybridized carbons (Fsp3) is 0.214. The largest absolute Gasteiger partial charge is 0.308 e. The van der Waals surface area contributed by atoms with Crippen LogP contribution in [0.1, 0.15) is 23.0 Å². The van der Waals surface area contributed by atoms with Crippen LogP contribution in [0.25, 0.3) is 0 Å². The molecular weight excluding hydrogens is 251 g/mol. The lowest BCUT2D eigenvalue weighted by Crippen LogP contribution is -2.19. The van der Waals surface area contributed by atoms with Gasteiger partial charge in [-0.2, -0.15) is 0 Å². The molecular formula is C14H14ClFN2. The molecule has 2 rings (SSSR count). The van der Waals surface area contributed by atoms with E-state index < -0.39 is 0 Å². The van der Waals surface area contributed by atoms with Gasteiger partial charge in [0.25, 0.3) is 0 Å². The van der Waals surface area contributed by atoms with Crippen molar-refractivity contribution in [3.63, 3.8) is 0 Å². The molecule has 2 nitrogen and oxygen atoms in total. The van der Waals surface area contributed by atoms with Crippen LogP contribution in [0.2, 0.25) is 5.02 Å². The van der Waals surface area contributed by atoms with E-state index in [1.165, 1.54) is 12.1 Å². The van der Waals surface area contributed by atoms with Gasteiger partial charge >= 0.3 is 0 Å². The molecule has 2 aromatic rings. The summed E-state index contributed by atoms with van der Waals surface area (Å²) in [4.78, 5) is 4.45. The Hall–Kier alpha value is -1.45. The third-order valence-corrected chi connectivity index (χ3v) is 3.11. The third-order valence-electron chi connectivity index (χ3n) is 2.76. The molecule has 0 bridgehead atoms. The molecule has 1 aromatic heterocycles. The van der Waals surface area contributed by atoms with Gasteiger partial charge in [0.1, 0.15) is 5.82 Å². The highest BCUT2D eigenvalue weighted by Gasteiger charge is 2.17. The Bertz CT molecular complexity index is 557. The number of aromatic nitrogens is 1. The van der Waals surface area contributed by atoms with E-state index in [0.29, 0.717) is 10.6 Å². The van der Waals surface area contributed by atoms with Gasteiger partial charge in [0.15, 0.2) is 0 Å². The Morgan fingerprint density at radius 1 is 1.28 bits per heavy atom. The van der Waals surface area contributed by atoms with Crippen LogP contribution in [-0.4, -0.2) is 12.0 Å². The van der Waals surface area contributed by atoms with Crippen molar-refractivity contribution < 1.29 is 4.39 Å². The maximum absolute atomic E-state index is 13.3. The van der Waals surface area contributed by atoms with E-state index >= 15 is 0 Å². The summed E-state index contributed by atoms with van der Waals surface area (Å²) in [6.45, 7) is 1.92. The van der Waals surface area contributed by atoms with Crippen molar-refractivity contribution in [2.75, 3.05) is 7.05 Å². The lowest BCUT2D eigenvalue weighted by molar-refractivity contribution is 0.613. The van der Waals surface area contributed by atoms with Crippen molar-refractivity contribution in [3.05, 3.63) is 64.2 Å². The number of aryl methyl sites for hydroxylation is 1. The number of nitrogens with zero attached hydrogens (tertiary/aromatic N) is 1. The first kappa shape index (κ1) is 13.0. The summed E-state index contributed by atoms with van der Waals surface area (Å²) >= 11 is 6.12.